The summed E-state index contributed by atoms with van der Waals surface area (Å²) in [5.74, 6) is 1.38. The van der Waals surface area contributed by atoms with Crippen molar-refractivity contribution in [3.63, 3.8) is 0 Å². The van der Waals surface area contributed by atoms with Crippen molar-refractivity contribution in [3.05, 3.63) is 64.2 Å². The van der Waals surface area contributed by atoms with Gasteiger partial charge in [-0.15, -0.1) is 11.3 Å². The molecule has 2 aliphatic rings. The minimum atomic E-state index is -0.226. The Morgan fingerprint density at radius 2 is 2.13 bits per heavy atom. The maximum absolute atomic E-state index is 13.1. The summed E-state index contributed by atoms with van der Waals surface area (Å²) in [4.78, 5) is 24.0. The summed E-state index contributed by atoms with van der Waals surface area (Å²) in [6.45, 7) is 1.56. The van der Waals surface area contributed by atoms with Gasteiger partial charge in [-0.2, -0.15) is 0 Å². The fourth-order valence-electron chi connectivity index (χ4n) is 3.80. The number of thiazole rings is 1. The number of rotatable bonds is 5. The molecule has 6 nitrogen and oxygen atoms in total. The van der Waals surface area contributed by atoms with Gasteiger partial charge in [0.05, 0.1) is 31.5 Å². The molecule has 154 valence electrons. The lowest BCUT2D eigenvalue weighted by Gasteiger charge is -2.32. The van der Waals surface area contributed by atoms with Gasteiger partial charge >= 0.3 is 0 Å². The Labute approximate surface area is 179 Å². The van der Waals surface area contributed by atoms with E-state index in [1.807, 2.05) is 46.8 Å². The van der Waals surface area contributed by atoms with Gasteiger partial charge in [0.15, 0.2) is 0 Å². The van der Waals surface area contributed by atoms with Crippen LogP contribution in [0.2, 0.25) is 0 Å². The van der Waals surface area contributed by atoms with Gasteiger partial charge in [0.2, 0.25) is 0 Å². The zero-order valence-electron chi connectivity index (χ0n) is 16.8. The first-order valence-electron chi connectivity index (χ1n) is 10.2. The molecule has 3 heterocycles. The summed E-state index contributed by atoms with van der Waals surface area (Å²) in [6.07, 6.45) is 5.71. The van der Waals surface area contributed by atoms with Crippen molar-refractivity contribution in [1.29, 1.82) is 0 Å². The number of hydrogen-bond donors (Lipinski definition) is 0. The Hall–Kier alpha value is -2.77. The van der Waals surface area contributed by atoms with Crippen molar-refractivity contribution in [1.82, 2.24) is 14.9 Å². The first-order chi connectivity index (χ1) is 14.7. The lowest BCUT2D eigenvalue weighted by Crippen LogP contribution is -2.42. The number of carbonyl (C=O) groups is 1. The quantitative estimate of drug-likeness (QED) is 0.614. The van der Waals surface area contributed by atoms with E-state index >= 15 is 0 Å². The Balaban J connectivity index is 1.33. The highest BCUT2D eigenvalue weighted by atomic mass is 32.1. The van der Waals surface area contributed by atoms with E-state index in [-0.39, 0.29) is 12.0 Å². The molecule has 3 aromatic rings. The predicted molar refractivity (Wildman–Crippen MR) is 115 cm³/mol. The van der Waals surface area contributed by atoms with E-state index in [4.69, 9.17) is 14.5 Å². The lowest BCUT2D eigenvalue weighted by atomic mass is 10.1. The molecule has 30 heavy (non-hydrogen) atoms. The molecule has 0 radical (unpaired) electrons. The molecule has 1 aromatic carbocycles. The number of aromatic nitrogens is 2. The van der Waals surface area contributed by atoms with Gasteiger partial charge < -0.3 is 14.4 Å². The van der Waals surface area contributed by atoms with E-state index in [1.165, 1.54) is 18.4 Å². The predicted octanol–water partition coefficient (Wildman–Crippen LogP) is 4.30. The number of carbonyl (C=O) groups excluding carboxylic acids is 1. The number of nitrogens with zero attached hydrogens (tertiary/aromatic N) is 3. The van der Waals surface area contributed by atoms with Gasteiger partial charge in [0.1, 0.15) is 16.9 Å². The van der Waals surface area contributed by atoms with Crippen LogP contribution in [0.15, 0.2) is 48.1 Å². The summed E-state index contributed by atoms with van der Waals surface area (Å²) in [6, 6.07) is 9.83. The number of amides is 1. The fourth-order valence-corrected chi connectivity index (χ4v) is 4.65. The maximum atomic E-state index is 13.1. The number of morpholine rings is 1. The van der Waals surface area contributed by atoms with E-state index < -0.39 is 0 Å². The lowest BCUT2D eigenvalue weighted by molar-refractivity contribution is -0.0228. The van der Waals surface area contributed by atoms with Gasteiger partial charge in [-0.1, -0.05) is 12.1 Å². The highest BCUT2D eigenvalue weighted by molar-refractivity contribution is 7.10. The minimum Gasteiger partial charge on any atom is -0.496 e. The second-order valence-electron chi connectivity index (χ2n) is 7.66. The molecule has 1 atom stereocenters. The normalized spacial score (nSPS) is 19.0. The molecule has 5 rings (SSSR count). The third-order valence-corrected chi connectivity index (χ3v) is 6.53. The van der Waals surface area contributed by atoms with Crippen LogP contribution in [0.5, 0.6) is 5.75 Å². The molecule has 2 fully saturated rings. The molecular weight excluding hydrogens is 398 g/mol. The number of hydrogen-bond acceptors (Lipinski definition) is 6. The second-order valence-corrected chi connectivity index (χ2v) is 8.55. The molecule has 0 spiro atoms. The van der Waals surface area contributed by atoms with Crippen LogP contribution in [0.3, 0.4) is 0 Å². The molecule has 1 saturated heterocycles. The van der Waals surface area contributed by atoms with Gasteiger partial charge in [0.25, 0.3) is 5.91 Å². The summed E-state index contributed by atoms with van der Waals surface area (Å²) >= 11 is 1.55. The van der Waals surface area contributed by atoms with E-state index in [0.717, 1.165) is 22.0 Å². The third-order valence-electron chi connectivity index (χ3n) is 5.59. The number of para-hydroxylation sites is 1. The Morgan fingerprint density at radius 3 is 2.97 bits per heavy atom. The highest BCUT2D eigenvalue weighted by Gasteiger charge is 2.30. The zero-order valence-corrected chi connectivity index (χ0v) is 17.6. The minimum absolute atomic E-state index is 0.0137. The smallest absolute Gasteiger partial charge is 0.255 e. The van der Waals surface area contributed by atoms with Crippen LogP contribution in [-0.2, 0) is 4.74 Å². The average Bonchev–Trinajstić information content (AvgIpc) is 3.55. The van der Waals surface area contributed by atoms with E-state index in [1.54, 1.807) is 24.6 Å². The molecule has 0 N–H and O–H groups in total. The molecule has 0 unspecified atom stereocenters. The molecule has 7 heteroatoms. The van der Waals surface area contributed by atoms with Crippen molar-refractivity contribution in [3.8, 4) is 17.0 Å². The zero-order chi connectivity index (χ0) is 20.5. The molecule has 1 aliphatic carbocycles. The molecule has 1 saturated carbocycles. The first-order valence-corrected chi connectivity index (χ1v) is 11.1. The summed E-state index contributed by atoms with van der Waals surface area (Å²) in [5, 5.41) is 2.89. The largest absolute Gasteiger partial charge is 0.496 e. The molecular formula is C23H23N3O3S. The van der Waals surface area contributed by atoms with Crippen molar-refractivity contribution < 1.29 is 14.3 Å². The first kappa shape index (κ1) is 19.2. The SMILES string of the molecule is COc1ccccc1-c1csc([C@H]2CN(C(=O)c3cncc(C4CC4)c3)CCO2)n1. The summed E-state index contributed by atoms with van der Waals surface area (Å²) in [5.41, 5.74) is 3.65. The summed E-state index contributed by atoms with van der Waals surface area (Å²) in [7, 11) is 1.66. The highest BCUT2D eigenvalue weighted by Crippen LogP contribution is 2.40. The summed E-state index contributed by atoms with van der Waals surface area (Å²) < 4.78 is 11.4. The number of ether oxygens (including phenoxy) is 2. The third kappa shape index (κ3) is 3.82. The fraction of sp³-hybridized carbons (Fsp3) is 0.348. The van der Waals surface area contributed by atoms with Gasteiger partial charge in [-0.05, 0) is 42.5 Å². The average molecular weight is 422 g/mol. The van der Waals surface area contributed by atoms with Crippen molar-refractivity contribution in [2.24, 2.45) is 0 Å². The van der Waals surface area contributed by atoms with Crippen molar-refractivity contribution >= 4 is 17.2 Å². The van der Waals surface area contributed by atoms with E-state index in [9.17, 15) is 4.79 Å². The van der Waals surface area contributed by atoms with Crippen LogP contribution in [0, 0.1) is 0 Å². The van der Waals surface area contributed by atoms with E-state index in [0.29, 0.717) is 31.2 Å². The van der Waals surface area contributed by atoms with Crippen molar-refractivity contribution in [2.45, 2.75) is 24.9 Å². The van der Waals surface area contributed by atoms with Crippen LogP contribution in [0.1, 0.15) is 45.8 Å². The van der Waals surface area contributed by atoms with Gasteiger partial charge in [-0.3, -0.25) is 9.78 Å². The van der Waals surface area contributed by atoms with Crippen LogP contribution in [0.25, 0.3) is 11.3 Å². The number of pyridine rings is 1. The Bertz CT molecular complexity index is 1060. The van der Waals surface area contributed by atoms with Crippen molar-refractivity contribution in [2.75, 3.05) is 26.8 Å². The molecule has 1 amide bonds. The van der Waals surface area contributed by atoms with Gasteiger partial charge in [0, 0.05) is 29.9 Å². The maximum Gasteiger partial charge on any atom is 0.255 e. The topological polar surface area (TPSA) is 64.5 Å². The molecule has 1 aliphatic heterocycles. The van der Waals surface area contributed by atoms with Crippen LogP contribution >= 0.6 is 11.3 Å². The standard InChI is InChI=1S/C23H23N3O3S/c1-28-20-5-3-2-4-18(20)19-14-30-22(25-19)21-13-26(8-9-29-21)23(27)17-10-16(11-24-12-17)15-6-7-15/h2-5,10-12,14-15,21H,6-9,13H2,1H3/t21-/m1/s1. The number of benzene rings is 1. The number of methoxy groups -OCH3 is 1. The van der Waals surface area contributed by atoms with Crippen LogP contribution in [-0.4, -0.2) is 47.6 Å². The Morgan fingerprint density at radius 1 is 1.27 bits per heavy atom. The monoisotopic (exact) mass is 421 g/mol. The van der Waals surface area contributed by atoms with Gasteiger partial charge in [-0.25, -0.2) is 4.98 Å². The van der Waals surface area contributed by atoms with E-state index in [2.05, 4.69) is 4.98 Å². The Kier molecular flexibility index (Phi) is 5.23. The van der Waals surface area contributed by atoms with Crippen LogP contribution in [0.4, 0.5) is 0 Å². The molecule has 0 bridgehead atoms. The second kappa shape index (κ2) is 8.16. The molecule has 2 aromatic heterocycles. The van der Waals surface area contributed by atoms with Crippen LogP contribution < -0.4 is 4.74 Å².